The van der Waals surface area contributed by atoms with Crippen LogP contribution in [0.4, 0.5) is 0 Å². The largest absolute Gasteiger partial charge is 0.353 e. The Morgan fingerprint density at radius 1 is 1.29 bits per heavy atom. The van der Waals surface area contributed by atoms with Crippen molar-refractivity contribution in [2.24, 2.45) is 16.9 Å². The lowest BCUT2D eigenvalue weighted by molar-refractivity contribution is -0.125. The third kappa shape index (κ3) is 4.58. The Bertz CT molecular complexity index is 200. The van der Waals surface area contributed by atoms with Crippen LogP contribution in [0.5, 0.6) is 0 Å². The van der Waals surface area contributed by atoms with Crippen molar-refractivity contribution in [2.75, 3.05) is 6.54 Å². The fourth-order valence-corrected chi connectivity index (χ4v) is 0.737. The van der Waals surface area contributed by atoms with Crippen LogP contribution in [0.1, 0.15) is 34.6 Å². The van der Waals surface area contributed by atoms with Crippen LogP contribution in [0.25, 0.3) is 0 Å². The van der Waals surface area contributed by atoms with Gasteiger partial charge in [0.05, 0.1) is 5.54 Å². The van der Waals surface area contributed by atoms with Crippen LogP contribution in [0.2, 0.25) is 0 Å². The Kier molecular flexibility index (Phi) is 4.09. The Labute approximate surface area is 86.4 Å². The van der Waals surface area contributed by atoms with E-state index in [1.807, 2.05) is 20.8 Å². The van der Waals surface area contributed by atoms with Gasteiger partial charge in [-0.1, -0.05) is 20.8 Å². The predicted molar refractivity (Wildman–Crippen MR) is 58.7 cm³/mol. The molecule has 0 aliphatic carbocycles. The summed E-state index contributed by atoms with van der Waals surface area (Å²) in [5, 5.41) is 2.74. The molecule has 0 unspecified atom stereocenters. The first-order chi connectivity index (χ1) is 6.05. The Balaban J connectivity index is 4.03. The summed E-state index contributed by atoms with van der Waals surface area (Å²) in [6.45, 7) is 9.92. The number of hydrogen-bond acceptors (Lipinski definition) is 3. The molecule has 0 saturated heterocycles. The maximum absolute atomic E-state index is 11.4. The summed E-state index contributed by atoms with van der Waals surface area (Å²) in [4.78, 5) is 11.4. The van der Waals surface area contributed by atoms with E-state index in [4.69, 9.17) is 11.5 Å². The van der Waals surface area contributed by atoms with Gasteiger partial charge in [-0.2, -0.15) is 0 Å². The molecule has 0 heterocycles. The van der Waals surface area contributed by atoms with E-state index in [0.717, 1.165) is 0 Å². The monoisotopic (exact) mass is 201 g/mol. The van der Waals surface area contributed by atoms with Crippen molar-refractivity contribution in [2.45, 2.75) is 46.2 Å². The fraction of sp³-hybridized carbons (Fsp3) is 0.900. The molecule has 0 aliphatic rings. The van der Waals surface area contributed by atoms with Gasteiger partial charge in [-0.25, -0.2) is 0 Å². The maximum Gasteiger partial charge on any atom is 0.239 e. The Hall–Kier alpha value is -0.610. The third-order valence-corrected chi connectivity index (χ3v) is 2.18. The normalized spacial score (nSPS) is 15.1. The minimum atomic E-state index is -0.836. The number of nitrogens with one attached hydrogen (secondary N) is 1. The molecule has 0 aromatic carbocycles. The van der Waals surface area contributed by atoms with E-state index in [-0.39, 0.29) is 17.4 Å². The number of carbonyl (C=O) groups is 1. The molecule has 0 spiro atoms. The van der Waals surface area contributed by atoms with E-state index in [9.17, 15) is 4.79 Å². The second-order valence-electron chi connectivity index (χ2n) is 5.40. The molecule has 5 N–H and O–H groups in total. The molecule has 0 radical (unpaired) electrons. The summed E-state index contributed by atoms with van der Waals surface area (Å²) in [6, 6.07) is -0.0613. The van der Waals surface area contributed by atoms with Crippen LogP contribution >= 0.6 is 0 Å². The molecule has 14 heavy (non-hydrogen) atoms. The third-order valence-electron chi connectivity index (χ3n) is 2.18. The molecule has 0 rings (SSSR count). The zero-order valence-electron chi connectivity index (χ0n) is 9.85. The average molecular weight is 201 g/mol. The highest BCUT2D eigenvalue weighted by Crippen LogP contribution is 2.16. The maximum atomic E-state index is 11.4. The SMILES string of the molecule is CC(C)(N)C(=O)NC[C@@H](N)C(C)(C)C. The number of nitrogens with two attached hydrogens (primary N) is 2. The molecule has 0 aliphatic heterocycles. The Morgan fingerprint density at radius 3 is 2.00 bits per heavy atom. The summed E-state index contributed by atoms with van der Waals surface area (Å²) in [5.74, 6) is -0.169. The van der Waals surface area contributed by atoms with Gasteiger partial charge < -0.3 is 16.8 Å². The van der Waals surface area contributed by atoms with Crippen molar-refractivity contribution in [3.05, 3.63) is 0 Å². The smallest absolute Gasteiger partial charge is 0.239 e. The summed E-state index contributed by atoms with van der Waals surface area (Å²) in [7, 11) is 0. The molecule has 84 valence electrons. The van der Waals surface area contributed by atoms with E-state index in [1.54, 1.807) is 13.8 Å². The topological polar surface area (TPSA) is 81.1 Å². The van der Waals surface area contributed by atoms with E-state index >= 15 is 0 Å². The van der Waals surface area contributed by atoms with E-state index in [2.05, 4.69) is 5.32 Å². The predicted octanol–water partition coefficient (Wildman–Crippen LogP) is 0.213. The minimum absolute atomic E-state index is 0.00792. The minimum Gasteiger partial charge on any atom is -0.353 e. The van der Waals surface area contributed by atoms with Crippen molar-refractivity contribution in [1.82, 2.24) is 5.32 Å². The molecular weight excluding hydrogens is 178 g/mol. The van der Waals surface area contributed by atoms with Crippen LogP contribution in [-0.2, 0) is 4.79 Å². The standard InChI is InChI=1S/C10H23N3O/c1-9(2,3)7(11)6-13-8(14)10(4,5)12/h7H,6,11-12H2,1-5H3,(H,13,14)/t7-/m1/s1. The highest BCUT2D eigenvalue weighted by Gasteiger charge is 2.25. The number of amides is 1. The van der Waals surface area contributed by atoms with Crippen LogP contribution in [0.15, 0.2) is 0 Å². The molecule has 0 fully saturated rings. The van der Waals surface area contributed by atoms with Crippen LogP contribution < -0.4 is 16.8 Å². The van der Waals surface area contributed by atoms with Crippen molar-refractivity contribution in [1.29, 1.82) is 0 Å². The number of rotatable bonds is 3. The summed E-state index contributed by atoms with van der Waals surface area (Å²) < 4.78 is 0. The molecule has 0 saturated carbocycles. The second-order valence-corrected chi connectivity index (χ2v) is 5.40. The van der Waals surface area contributed by atoms with Gasteiger partial charge in [0, 0.05) is 12.6 Å². The first kappa shape index (κ1) is 13.4. The first-order valence-corrected chi connectivity index (χ1v) is 4.88. The zero-order valence-corrected chi connectivity index (χ0v) is 9.85. The van der Waals surface area contributed by atoms with Gasteiger partial charge in [0.15, 0.2) is 0 Å². The highest BCUT2D eigenvalue weighted by atomic mass is 16.2. The fourth-order valence-electron chi connectivity index (χ4n) is 0.737. The van der Waals surface area contributed by atoms with Gasteiger partial charge in [0.1, 0.15) is 0 Å². The lowest BCUT2D eigenvalue weighted by atomic mass is 9.87. The summed E-state index contributed by atoms with van der Waals surface area (Å²) >= 11 is 0. The number of hydrogen-bond donors (Lipinski definition) is 3. The lowest BCUT2D eigenvalue weighted by Crippen LogP contribution is -2.53. The van der Waals surface area contributed by atoms with Crippen LogP contribution in [0, 0.1) is 5.41 Å². The summed E-state index contributed by atoms with van der Waals surface area (Å²) in [5.41, 5.74) is 10.7. The molecular formula is C10H23N3O. The van der Waals surface area contributed by atoms with Crippen LogP contribution in [0.3, 0.4) is 0 Å². The van der Waals surface area contributed by atoms with Gasteiger partial charge in [-0.3, -0.25) is 4.79 Å². The van der Waals surface area contributed by atoms with Gasteiger partial charge in [0.25, 0.3) is 0 Å². The van der Waals surface area contributed by atoms with Gasteiger partial charge in [-0.15, -0.1) is 0 Å². The highest BCUT2D eigenvalue weighted by molar-refractivity contribution is 5.85. The summed E-state index contributed by atoms with van der Waals surface area (Å²) in [6.07, 6.45) is 0. The average Bonchev–Trinajstić information content (AvgIpc) is 1.95. The van der Waals surface area contributed by atoms with Crippen molar-refractivity contribution < 1.29 is 4.79 Å². The second kappa shape index (κ2) is 4.28. The van der Waals surface area contributed by atoms with E-state index in [0.29, 0.717) is 6.54 Å². The van der Waals surface area contributed by atoms with Gasteiger partial charge >= 0.3 is 0 Å². The molecule has 0 aromatic heterocycles. The zero-order chi connectivity index (χ0) is 11.6. The molecule has 1 amide bonds. The lowest BCUT2D eigenvalue weighted by Gasteiger charge is -2.28. The quantitative estimate of drug-likeness (QED) is 0.610. The van der Waals surface area contributed by atoms with Crippen LogP contribution in [-0.4, -0.2) is 24.0 Å². The molecule has 0 aromatic rings. The molecule has 4 nitrogen and oxygen atoms in total. The van der Waals surface area contributed by atoms with E-state index in [1.165, 1.54) is 0 Å². The van der Waals surface area contributed by atoms with Crippen molar-refractivity contribution in [3.63, 3.8) is 0 Å². The molecule has 4 heteroatoms. The molecule has 0 bridgehead atoms. The first-order valence-electron chi connectivity index (χ1n) is 4.88. The van der Waals surface area contributed by atoms with Gasteiger partial charge in [0.2, 0.25) is 5.91 Å². The van der Waals surface area contributed by atoms with Crippen molar-refractivity contribution >= 4 is 5.91 Å². The molecule has 1 atom stereocenters. The van der Waals surface area contributed by atoms with E-state index < -0.39 is 5.54 Å². The number of carbonyl (C=O) groups excluding carboxylic acids is 1. The van der Waals surface area contributed by atoms with Gasteiger partial charge in [-0.05, 0) is 19.3 Å². The van der Waals surface area contributed by atoms with Crippen molar-refractivity contribution in [3.8, 4) is 0 Å². The Morgan fingerprint density at radius 2 is 1.71 bits per heavy atom.